The zero-order chi connectivity index (χ0) is 23.0. The summed E-state index contributed by atoms with van der Waals surface area (Å²) in [6.45, 7) is 14.4. The van der Waals surface area contributed by atoms with Crippen LogP contribution < -0.4 is 11.1 Å². The van der Waals surface area contributed by atoms with E-state index in [2.05, 4.69) is 29.0 Å². The molecule has 172 valence electrons. The number of carbonyl (C=O) groups is 1. The van der Waals surface area contributed by atoms with Gasteiger partial charge in [0.1, 0.15) is 5.60 Å². The predicted molar refractivity (Wildman–Crippen MR) is 130 cm³/mol. The van der Waals surface area contributed by atoms with Gasteiger partial charge in [0.25, 0.3) is 0 Å². The minimum Gasteiger partial charge on any atom is -0.444 e. The number of nitrogens with zero attached hydrogens (tertiary/aromatic N) is 3. The van der Waals surface area contributed by atoms with Crippen molar-refractivity contribution in [3.63, 3.8) is 0 Å². The third kappa shape index (κ3) is 7.43. The number of nitrogens with one attached hydrogen (secondary N) is 1. The average molecular weight is 450 g/mol. The number of amides is 1. The van der Waals surface area contributed by atoms with Crippen molar-refractivity contribution in [1.82, 2.24) is 14.8 Å². The minimum absolute atomic E-state index is 0.240. The lowest BCUT2D eigenvalue weighted by molar-refractivity contribution is 0.0148. The second-order valence-corrected chi connectivity index (χ2v) is 9.01. The highest BCUT2D eigenvalue weighted by molar-refractivity contribution is 6.33. The summed E-state index contributed by atoms with van der Waals surface area (Å²) in [6.07, 6.45) is 1.01. The van der Waals surface area contributed by atoms with E-state index in [0.29, 0.717) is 23.9 Å². The van der Waals surface area contributed by atoms with E-state index in [1.165, 1.54) is 6.42 Å². The SMILES string of the molecule is CC(C)(C)OC(=O)N1CCN(CCNc2c(N)c(Cl)nc3ccccc23)CC1.CCC. The number of hydrogen-bond donors (Lipinski definition) is 2. The molecule has 1 fully saturated rings. The van der Waals surface area contributed by atoms with Crippen LogP contribution in [0.4, 0.5) is 16.2 Å². The van der Waals surface area contributed by atoms with Crippen molar-refractivity contribution >= 4 is 40.0 Å². The largest absolute Gasteiger partial charge is 0.444 e. The molecule has 2 heterocycles. The van der Waals surface area contributed by atoms with Crippen LogP contribution in [0.5, 0.6) is 0 Å². The first-order chi connectivity index (χ1) is 14.7. The number of nitrogens with two attached hydrogens (primary N) is 1. The second kappa shape index (κ2) is 11.4. The summed E-state index contributed by atoms with van der Waals surface area (Å²) in [5.41, 5.74) is 7.78. The molecule has 1 aromatic carbocycles. The zero-order valence-corrected chi connectivity index (χ0v) is 20.1. The molecule has 0 unspecified atom stereocenters. The van der Waals surface area contributed by atoms with Crippen LogP contribution in [-0.4, -0.2) is 65.7 Å². The fourth-order valence-corrected chi connectivity index (χ4v) is 3.39. The molecule has 0 saturated carbocycles. The Bertz CT molecular complexity index is 861. The van der Waals surface area contributed by atoms with Crippen LogP contribution in [0.3, 0.4) is 0 Å². The van der Waals surface area contributed by atoms with Gasteiger partial charge in [0.05, 0.1) is 16.9 Å². The lowest BCUT2D eigenvalue weighted by atomic mass is 10.1. The molecule has 8 heteroatoms. The molecule has 1 aromatic heterocycles. The number of aromatic nitrogens is 1. The van der Waals surface area contributed by atoms with Gasteiger partial charge in [-0.05, 0) is 26.8 Å². The molecule has 2 aromatic rings. The van der Waals surface area contributed by atoms with Crippen molar-refractivity contribution in [3.05, 3.63) is 29.4 Å². The molecule has 0 aliphatic carbocycles. The Hall–Kier alpha value is -2.25. The molecule has 0 radical (unpaired) electrons. The summed E-state index contributed by atoms with van der Waals surface area (Å²) in [5.74, 6) is 0. The second-order valence-electron chi connectivity index (χ2n) is 8.65. The van der Waals surface area contributed by atoms with Gasteiger partial charge in [-0.3, -0.25) is 4.90 Å². The number of fused-ring (bicyclic) bond motifs is 1. The molecule has 0 spiro atoms. The van der Waals surface area contributed by atoms with Gasteiger partial charge in [-0.25, -0.2) is 9.78 Å². The van der Waals surface area contributed by atoms with Crippen molar-refractivity contribution in [2.45, 2.75) is 46.6 Å². The van der Waals surface area contributed by atoms with Crippen molar-refractivity contribution in [3.8, 4) is 0 Å². The quantitative estimate of drug-likeness (QED) is 0.649. The van der Waals surface area contributed by atoms with Crippen molar-refractivity contribution in [2.75, 3.05) is 50.3 Å². The molecule has 0 bridgehead atoms. The number of ether oxygens (including phenoxy) is 1. The van der Waals surface area contributed by atoms with Gasteiger partial charge in [0.2, 0.25) is 0 Å². The molecule has 1 aliphatic rings. The average Bonchev–Trinajstić information content (AvgIpc) is 2.70. The van der Waals surface area contributed by atoms with Gasteiger partial charge in [-0.2, -0.15) is 0 Å². The fraction of sp³-hybridized carbons (Fsp3) is 0.565. The molecule has 31 heavy (non-hydrogen) atoms. The Balaban J connectivity index is 0.00000107. The first-order valence-electron chi connectivity index (χ1n) is 10.9. The number of hydrogen-bond acceptors (Lipinski definition) is 6. The Morgan fingerprint density at radius 3 is 2.42 bits per heavy atom. The third-order valence-electron chi connectivity index (χ3n) is 4.64. The van der Waals surface area contributed by atoms with Crippen molar-refractivity contribution in [2.24, 2.45) is 0 Å². The van der Waals surface area contributed by atoms with Gasteiger partial charge in [-0.1, -0.05) is 50.1 Å². The van der Waals surface area contributed by atoms with Gasteiger partial charge in [0, 0.05) is 44.7 Å². The van der Waals surface area contributed by atoms with Crippen LogP contribution in [0.2, 0.25) is 5.15 Å². The van der Waals surface area contributed by atoms with E-state index < -0.39 is 5.60 Å². The topological polar surface area (TPSA) is 83.7 Å². The van der Waals surface area contributed by atoms with Gasteiger partial charge >= 0.3 is 6.09 Å². The maximum Gasteiger partial charge on any atom is 0.410 e. The standard InChI is InChI=1S/C20H28ClN5O2.C3H8/c1-20(2,3)28-19(27)26-12-10-25(11-13-26)9-8-23-17-14-6-4-5-7-15(14)24-18(21)16(17)22;1-3-2/h4-7H,8-13,22H2,1-3H3,(H,23,24);3H2,1-2H3. The molecule has 3 rings (SSSR count). The Morgan fingerprint density at radius 1 is 1.19 bits per heavy atom. The van der Waals surface area contributed by atoms with E-state index in [0.717, 1.165) is 42.8 Å². The molecule has 7 nitrogen and oxygen atoms in total. The summed E-state index contributed by atoms with van der Waals surface area (Å²) in [6, 6.07) is 7.78. The van der Waals surface area contributed by atoms with Gasteiger partial charge in [0.15, 0.2) is 5.15 Å². The number of halogens is 1. The number of nitrogen functional groups attached to an aromatic ring is 1. The highest BCUT2D eigenvalue weighted by Crippen LogP contribution is 2.33. The summed E-state index contributed by atoms with van der Waals surface area (Å²) < 4.78 is 5.44. The van der Waals surface area contributed by atoms with Crippen LogP contribution in [0.15, 0.2) is 24.3 Å². The number of piperazine rings is 1. The van der Waals surface area contributed by atoms with E-state index in [9.17, 15) is 4.79 Å². The predicted octanol–water partition coefficient (Wildman–Crippen LogP) is 4.85. The molecular weight excluding hydrogens is 414 g/mol. The maximum atomic E-state index is 12.2. The number of para-hydroxylation sites is 1. The number of anilines is 2. The van der Waals surface area contributed by atoms with Crippen LogP contribution in [-0.2, 0) is 4.74 Å². The lowest BCUT2D eigenvalue weighted by Crippen LogP contribution is -2.50. The number of carbonyl (C=O) groups excluding carboxylic acids is 1. The Labute approximate surface area is 190 Å². The summed E-state index contributed by atoms with van der Waals surface area (Å²) >= 11 is 6.18. The van der Waals surface area contributed by atoms with Crippen LogP contribution >= 0.6 is 11.6 Å². The number of rotatable bonds is 4. The smallest absolute Gasteiger partial charge is 0.410 e. The molecular formula is C23H36ClN5O2. The van der Waals surface area contributed by atoms with E-state index >= 15 is 0 Å². The van der Waals surface area contributed by atoms with Gasteiger partial charge in [-0.15, -0.1) is 0 Å². The Morgan fingerprint density at radius 2 is 1.81 bits per heavy atom. The monoisotopic (exact) mass is 449 g/mol. The number of benzene rings is 1. The highest BCUT2D eigenvalue weighted by atomic mass is 35.5. The van der Waals surface area contributed by atoms with E-state index in [1.54, 1.807) is 4.90 Å². The summed E-state index contributed by atoms with van der Waals surface area (Å²) in [5, 5.41) is 4.68. The fourth-order valence-electron chi connectivity index (χ4n) is 3.21. The van der Waals surface area contributed by atoms with E-state index in [-0.39, 0.29) is 6.09 Å². The third-order valence-corrected chi connectivity index (χ3v) is 4.93. The van der Waals surface area contributed by atoms with E-state index in [1.807, 2.05) is 45.0 Å². The molecule has 1 saturated heterocycles. The van der Waals surface area contributed by atoms with Crippen LogP contribution in [0.25, 0.3) is 10.9 Å². The molecule has 1 amide bonds. The van der Waals surface area contributed by atoms with Crippen molar-refractivity contribution in [1.29, 1.82) is 0 Å². The lowest BCUT2D eigenvalue weighted by Gasteiger charge is -2.35. The zero-order valence-electron chi connectivity index (χ0n) is 19.4. The molecule has 1 aliphatic heterocycles. The normalized spacial score (nSPS) is 14.7. The molecule has 3 N–H and O–H groups in total. The Kier molecular flexibility index (Phi) is 9.19. The van der Waals surface area contributed by atoms with Crippen LogP contribution in [0, 0.1) is 0 Å². The van der Waals surface area contributed by atoms with E-state index in [4.69, 9.17) is 22.1 Å². The highest BCUT2D eigenvalue weighted by Gasteiger charge is 2.25. The van der Waals surface area contributed by atoms with Crippen molar-refractivity contribution < 1.29 is 9.53 Å². The minimum atomic E-state index is -0.466. The number of pyridine rings is 1. The summed E-state index contributed by atoms with van der Waals surface area (Å²) in [4.78, 5) is 20.6. The molecule has 0 atom stereocenters. The first kappa shape index (κ1) is 25.0. The summed E-state index contributed by atoms with van der Waals surface area (Å²) in [7, 11) is 0. The first-order valence-corrected chi connectivity index (χ1v) is 11.3. The van der Waals surface area contributed by atoms with Crippen LogP contribution in [0.1, 0.15) is 41.0 Å². The van der Waals surface area contributed by atoms with Gasteiger partial charge < -0.3 is 20.7 Å². The maximum absolute atomic E-state index is 12.2.